The number of aliphatic carboxylic acids is 1. The zero-order valence-corrected chi connectivity index (χ0v) is 17.7. The Morgan fingerprint density at radius 1 is 1.03 bits per heavy atom. The van der Waals surface area contributed by atoms with Gasteiger partial charge in [-0.1, -0.05) is 42.0 Å². The fourth-order valence-corrected chi connectivity index (χ4v) is 3.52. The number of carbonyl (C=O) groups is 2. The molecule has 3 aromatic rings. The van der Waals surface area contributed by atoms with E-state index in [-0.39, 0.29) is 12.5 Å². The zero-order valence-electron chi connectivity index (χ0n) is 17.7. The van der Waals surface area contributed by atoms with Gasteiger partial charge < -0.3 is 19.3 Å². The van der Waals surface area contributed by atoms with E-state index in [9.17, 15) is 9.59 Å². The SMILES string of the molecule is COc1ccc(Cn2cc(C)c(-c3ccc(C)cc3)c2C(=O)N(C)CC(=O)O)cc1. The molecule has 0 bridgehead atoms. The number of hydrogen-bond donors (Lipinski definition) is 1. The monoisotopic (exact) mass is 406 g/mol. The largest absolute Gasteiger partial charge is 0.497 e. The van der Waals surface area contributed by atoms with Gasteiger partial charge in [0.2, 0.25) is 0 Å². The maximum absolute atomic E-state index is 13.3. The normalized spacial score (nSPS) is 10.7. The summed E-state index contributed by atoms with van der Waals surface area (Å²) in [6.45, 7) is 4.10. The fraction of sp³-hybridized carbons (Fsp3) is 0.250. The summed E-state index contributed by atoms with van der Waals surface area (Å²) in [7, 11) is 3.13. The summed E-state index contributed by atoms with van der Waals surface area (Å²) in [5.41, 5.74) is 5.33. The van der Waals surface area contributed by atoms with Crippen molar-refractivity contribution in [3.8, 4) is 16.9 Å². The first-order valence-corrected chi connectivity index (χ1v) is 9.67. The van der Waals surface area contributed by atoms with Crippen LogP contribution >= 0.6 is 0 Å². The van der Waals surface area contributed by atoms with Gasteiger partial charge in [0.1, 0.15) is 18.0 Å². The first-order chi connectivity index (χ1) is 14.3. The molecule has 6 heteroatoms. The van der Waals surface area contributed by atoms with Crippen LogP contribution in [0.1, 0.15) is 27.2 Å². The third-order valence-corrected chi connectivity index (χ3v) is 5.04. The lowest BCUT2D eigenvalue weighted by Crippen LogP contribution is -2.33. The minimum absolute atomic E-state index is 0.324. The lowest BCUT2D eigenvalue weighted by molar-refractivity contribution is -0.137. The average molecular weight is 406 g/mol. The molecule has 0 aliphatic heterocycles. The molecule has 1 amide bonds. The maximum Gasteiger partial charge on any atom is 0.323 e. The van der Waals surface area contributed by atoms with Gasteiger partial charge in [-0.3, -0.25) is 9.59 Å². The van der Waals surface area contributed by atoms with Crippen molar-refractivity contribution in [2.75, 3.05) is 20.7 Å². The minimum atomic E-state index is -1.05. The third kappa shape index (κ3) is 4.54. The first kappa shape index (κ1) is 21.2. The zero-order chi connectivity index (χ0) is 21.8. The summed E-state index contributed by atoms with van der Waals surface area (Å²) in [5, 5.41) is 9.14. The van der Waals surface area contributed by atoms with Gasteiger partial charge in [-0.25, -0.2) is 0 Å². The highest BCUT2D eigenvalue weighted by Crippen LogP contribution is 2.31. The van der Waals surface area contributed by atoms with Crippen LogP contribution in [-0.4, -0.2) is 47.2 Å². The van der Waals surface area contributed by atoms with E-state index in [1.165, 1.54) is 11.9 Å². The third-order valence-electron chi connectivity index (χ3n) is 5.04. The van der Waals surface area contributed by atoms with Crippen molar-refractivity contribution in [2.24, 2.45) is 0 Å². The standard InChI is InChI=1S/C24H26N2O4/c1-16-5-9-19(10-6-16)22-17(2)13-26(14-18-7-11-20(30-4)12-8-18)23(22)24(29)25(3)15-21(27)28/h5-13H,14-15H2,1-4H3,(H,27,28). The molecule has 1 N–H and O–H groups in total. The summed E-state index contributed by atoms with van der Waals surface area (Å²) >= 11 is 0. The molecule has 1 aromatic heterocycles. The number of amides is 1. The van der Waals surface area contributed by atoms with Crippen LogP contribution in [0.2, 0.25) is 0 Å². The molecule has 6 nitrogen and oxygen atoms in total. The molecule has 0 saturated carbocycles. The van der Waals surface area contributed by atoms with Gasteiger partial charge in [0, 0.05) is 25.4 Å². The van der Waals surface area contributed by atoms with Gasteiger partial charge in [-0.2, -0.15) is 0 Å². The molecule has 1 heterocycles. The predicted octanol–water partition coefficient (Wildman–Crippen LogP) is 3.99. The molecule has 3 rings (SSSR count). The Balaban J connectivity index is 2.08. The van der Waals surface area contributed by atoms with Gasteiger partial charge in [-0.15, -0.1) is 0 Å². The Morgan fingerprint density at radius 3 is 2.23 bits per heavy atom. The molecule has 30 heavy (non-hydrogen) atoms. The fourth-order valence-electron chi connectivity index (χ4n) is 3.52. The van der Waals surface area contributed by atoms with Gasteiger partial charge in [0.25, 0.3) is 5.91 Å². The van der Waals surface area contributed by atoms with E-state index in [0.717, 1.165) is 33.6 Å². The molecule has 0 atom stereocenters. The van der Waals surface area contributed by atoms with Crippen LogP contribution < -0.4 is 4.74 Å². The lowest BCUT2D eigenvalue weighted by Gasteiger charge is -2.18. The van der Waals surface area contributed by atoms with E-state index in [2.05, 4.69) is 0 Å². The van der Waals surface area contributed by atoms with Crippen LogP contribution in [-0.2, 0) is 11.3 Å². The van der Waals surface area contributed by atoms with Crippen molar-refractivity contribution in [1.29, 1.82) is 0 Å². The van der Waals surface area contributed by atoms with E-state index < -0.39 is 5.97 Å². The van der Waals surface area contributed by atoms with Gasteiger partial charge in [0.15, 0.2) is 0 Å². The Kier molecular flexibility index (Phi) is 6.26. The number of methoxy groups -OCH3 is 1. The number of hydrogen-bond acceptors (Lipinski definition) is 3. The molecule has 0 aliphatic carbocycles. The number of nitrogens with zero attached hydrogens (tertiary/aromatic N) is 2. The number of rotatable bonds is 7. The summed E-state index contributed by atoms with van der Waals surface area (Å²) in [4.78, 5) is 25.7. The van der Waals surface area contributed by atoms with Crippen molar-refractivity contribution in [3.05, 3.63) is 77.1 Å². The topological polar surface area (TPSA) is 71.8 Å². The van der Waals surface area contributed by atoms with Gasteiger partial charge >= 0.3 is 5.97 Å². The number of aryl methyl sites for hydroxylation is 2. The molecular weight excluding hydrogens is 380 g/mol. The van der Waals surface area contributed by atoms with E-state index in [0.29, 0.717) is 12.2 Å². The Bertz CT molecular complexity index is 1050. The summed E-state index contributed by atoms with van der Waals surface area (Å²) < 4.78 is 7.11. The second-order valence-corrected chi connectivity index (χ2v) is 7.43. The molecule has 2 aromatic carbocycles. The van der Waals surface area contributed by atoms with E-state index in [4.69, 9.17) is 9.84 Å². The molecule has 0 fully saturated rings. The Hall–Kier alpha value is -3.54. The average Bonchev–Trinajstić information content (AvgIpc) is 3.03. The first-order valence-electron chi connectivity index (χ1n) is 9.67. The number of ether oxygens (including phenoxy) is 1. The number of benzene rings is 2. The van der Waals surface area contributed by atoms with Crippen molar-refractivity contribution in [2.45, 2.75) is 20.4 Å². The maximum atomic E-state index is 13.3. The van der Waals surface area contributed by atoms with Crippen LogP contribution in [0.15, 0.2) is 54.7 Å². The number of likely N-dealkylation sites (N-methyl/N-ethyl adjacent to an activating group) is 1. The molecule has 0 spiro atoms. The van der Waals surface area contributed by atoms with Crippen LogP contribution in [0.25, 0.3) is 11.1 Å². The van der Waals surface area contributed by atoms with Crippen molar-refractivity contribution in [3.63, 3.8) is 0 Å². The second kappa shape index (κ2) is 8.86. The molecule has 0 radical (unpaired) electrons. The predicted molar refractivity (Wildman–Crippen MR) is 116 cm³/mol. The molecule has 0 saturated heterocycles. The van der Waals surface area contributed by atoms with Gasteiger partial charge in [0.05, 0.1) is 7.11 Å². The highest BCUT2D eigenvalue weighted by atomic mass is 16.5. The second-order valence-electron chi connectivity index (χ2n) is 7.43. The quantitative estimate of drug-likeness (QED) is 0.644. The highest BCUT2D eigenvalue weighted by Gasteiger charge is 2.25. The smallest absolute Gasteiger partial charge is 0.323 e. The molecular formula is C24H26N2O4. The lowest BCUT2D eigenvalue weighted by atomic mass is 10.0. The van der Waals surface area contributed by atoms with Crippen LogP contribution in [0.4, 0.5) is 0 Å². The summed E-state index contributed by atoms with van der Waals surface area (Å²) in [5.74, 6) is -0.609. The Morgan fingerprint density at radius 2 is 1.67 bits per heavy atom. The number of aromatic nitrogens is 1. The Labute approximate surface area is 176 Å². The van der Waals surface area contributed by atoms with Crippen LogP contribution in [0.5, 0.6) is 5.75 Å². The minimum Gasteiger partial charge on any atom is -0.497 e. The number of carboxylic acid groups (broad SMARTS) is 1. The van der Waals surface area contributed by atoms with E-state index in [1.54, 1.807) is 7.11 Å². The number of carbonyl (C=O) groups excluding carboxylic acids is 1. The number of carboxylic acids is 1. The summed E-state index contributed by atoms with van der Waals surface area (Å²) in [6, 6.07) is 15.7. The van der Waals surface area contributed by atoms with E-state index >= 15 is 0 Å². The molecule has 0 unspecified atom stereocenters. The van der Waals surface area contributed by atoms with Crippen LogP contribution in [0, 0.1) is 13.8 Å². The molecule has 156 valence electrons. The summed E-state index contributed by atoms with van der Waals surface area (Å²) in [6.07, 6.45) is 1.95. The van der Waals surface area contributed by atoms with Crippen LogP contribution in [0.3, 0.4) is 0 Å². The van der Waals surface area contributed by atoms with E-state index in [1.807, 2.05) is 73.1 Å². The highest BCUT2D eigenvalue weighted by molar-refractivity contribution is 6.01. The van der Waals surface area contributed by atoms with Gasteiger partial charge in [-0.05, 0) is 42.7 Å². The molecule has 0 aliphatic rings. The van der Waals surface area contributed by atoms with Crippen molar-refractivity contribution in [1.82, 2.24) is 9.47 Å². The van der Waals surface area contributed by atoms with Crippen molar-refractivity contribution >= 4 is 11.9 Å². The van der Waals surface area contributed by atoms with Crippen molar-refractivity contribution < 1.29 is 19.4 Å².